The molecule has 0 aliphatic rings. The largest absolute Gasteiger partial charge is 0.370 e. The molecule has 0 radical (unpaired) electrons. The first-order valence-electron chi connectivity index (χ1n) is 4.07. The van der Waals surface area contributed by atoms with Crippen LogP contribution in [-0.4, -0.2) is 11.5 Å². The van der Waals surface area contributed by atoms with Gasteiger partial charge >= 0.3 is 0 Å². The number of hydrogen-bond acceptors (Lipinski definition) is 3. The van der Waals surface area contributed by atoms with Gasteiger partial charge in [-0.1, -0.05) is 6.08 Å². The summed E-state index contributed by atoms with van der Waals surface area (Å²) in [5.41, 5.74) is 0.578. The Morgan fingerprint density at radius 3 is 3.00 bits per heavy atom. The summed E-state index contributed by atoms with van der Waals surface area (Å²) in [5.74, 6) is 0.792. The summed E-state index contributed by atoms with van der Waals surface area (Å²) in [6.45, 7) is 4.44. The van der Waals surface area contributed by atoms with Crippen LogP contribution in [0.1, 0.15) is 12.0 Å². The molecule has 0 amide bonds. The maximum atomic E-state index is 8.52. The Hall–Kier alpha value is -1.82. The lowest BCUT2D eigenvalue weighted by atomic mass is 10.3. The van der Waals surface area contributed by atoms with Gasteiger partial charge in [-0.05, 0) is 18.6 Å². The van der Waals surface area contributed by atoms with E-state index in [1.54, 1.807) is 18.3 Å². The third kappa shape index (κ3) is 2.96. The molecule has 0 spiro atoms. The molecule has 0 bridgehead atoms. The first kappa shape index (κ1) is 9.27. The zero-order valence-electron chi connectivity index (χ0n) is 7.33. The van der Waals surface area contributed by atoms with Crippen LogP contribution in [0.15, 0.2) is 31.0 Å². The third-order valence-corrected chi connectivity index (χ3v) is 1.55. The smallest absolute Gasteiger partial charge is 0.125 e. The van der Waals surface area contributed by atoms with Crippen molar-refractivity contribution in [2.45, 2.75) is 6.42 Å². The minimum Gasteiger partial charge on any atom is -0.370 e. The van der Waals surface area contributed by atoms with E-state index in [-0.39, 0.29) is 0 Å². The van der Waals surface area contributed by atoms with Crippen LogP contribution in [0.2, 0.25) is 0 Å². The highest BCUT2D eigenvalue weighted by Gasteiger charge is 1.92. The maximum absolute atomic E-state index is 8.52. The maximum Gasteiger partial charge on any atom is 0.125 e. The number of nitrogens with zero attached hydrogens (tertiary/aromatic N) is 2. The van der Waals surface area contributed by atoms with Crippen LogP contribution < -0.4 is 5.32 Å². The number of anilines is 1. The van der Waals surface area contributed by atoms with E-state index < -0.39 is 0 Å². The predicted octanol–water partition coefficient (Wildman–Crippen LogP) is 1.94. The molecule has 3 heteroatoms. The summed E-state index contributed by atoms with van der Waals surface area (Å²) in [6, 6.07) is 5.55. The van der Waals surface area contributed by atoms with Crippen LogP contribution in [-0.2, 0) is 0 Å². The Morgan fingerprint density at radius 1 is 1.62 bits per heavy atom. The van der Waals surface area contributed by atoms with Crippen molar-refractivity contribution in [3.63, 3.8) is 0 Å². The lowest BCUT2D eigenvalue weighted by Gasteiger charge is -2.01. The van der Waals surface area contributed by atoms with Gasteiger partial charge in [0.15, 0.2) is 0 Å². The molecule has 1 rings (SSSR count). The Bertz CT molecular complexity index is 308. The molecular weight excluding hydrogens is 162 g/mol. The van der Waals surface area contributed by atoms with Crippen LogP contribution in [0.3, 0.4) is 0 Å². The van der Waals surface area contributed by atoms with Crippen molar-refractivity contribution in [1.82, 2.24) is 4.98 Å². The van der Waals surface area contributed by atoms with E-state index in [1.165, 1.54) is 0 Å². The number of nitriles is 1. The van der Waals surface area contributed by atoms with E-state index in [0.717, 1.165) is 18.8 Å². The van der Waals surface area contributed by atoms with Gasteiger partial charge in [0.1, 0.15) is 11.9 Å². The number of aromatic nitrogens is 1. The Morgan fingerprint density at radius 2 is 2.46 bits per heavy atom. The lowest BCUT2D eigenvalue weighted by molar-refractivity contribution is 1.05. The molecule has 1 aromatic rings. The molecule has 0 saturated heterocycles. The Balaban J connectivity index is 2.50. The van der Waals surface area contributed by atoms with Gasteiger partial charge < -0.3 is 5.32 Å². The van der Waals surface area contributed by atoms with Crippen molar-refractivity contribution in [2.75, 3.05) is 11.9 Å². The van der Waals surface area contributed by atoms with Crippen LogP contribution in [0.5, 0.6) is 0 Å². The zero-order chi connectivity index (χ0) is 9.52. The fraction of sp³-hybridized carbons (Fsp3) is 0.200. The van der Waals surface area contributed by atoms with E-state index >= 15 is 0 Å². The van der Waals surface area contributed by atoms with Gasteiger partial charge in [0.2, 0.25) is 0 Å². The molecule has 0 aliphatic carbocycles. The summed E-state index contributed by atoms with van der Waals surface area (Å²) in [6.07, 6.45) is 4.30. The summed E-state index contributed by atoms with van der Waals surface area (Å²) >= 11 is 0. The molecule has 13 heavy (non-hydrogen) atoms. The van der Waals surface area contributed by atoms with Crippen molar-refractivity contribution in [3.8, 4) is 6.07 Å². The molecule has 1 N–H and O–H groups in total. The number of rotatable bonds is 4. The highest BCUT2D eigenvalue weighted by molar-refractivity contribution is 5.38. The standard InChI is InChI=1S/C10H11N3/c1-2-3-6-12-10-5-4-9(7-11)8-13-10/h2,4-5,8H,1,3,6H2,(H,12,13). The van der Waals surface area contributed by atoms with Crippen LogP contribution in [0.25, 0.3) is 0 Å². The number of pyridine rings is 1. The minimum atomic E-state index is 0.578. The fourth-order valence-electron chi connectivity index (χ4n) is 0.867. The first-order chi connectivity index (χ1) is 6.36. The molecule has 0 unspecified atom stereocenters. The highest BCUT2D eigenvalue weighted by Crippen LogP contribution is 2.03. The Labute approximate surface area is 77.7 Å². The van der Waals surface area contributed by atoms with Crippen LogP contribution in [0, 0.1) is 11.3 Å². The average Bonchev–Trinajstić information content (AvgIpc) is 2.19. The monoisotopic (exact) mass is 173 g/mol. The highest BCUT2D eigenvalue weighted by atomic mass is 15.0. The fourth-order valence-corrected chi connectivity index (χ4v) is 0.867. The van der Waals surface area contributed by atoms with Gasteiger partial charge in [-0.15, -0.1) is 6.58 Å². The van der Waals surface area contributed by atoms with Crippen molar-refractivity contribution < 1.29 is 0 Å². The predicted molar refractivity (Wildman–Crippen MR) is 52.3 cm³/mol. The molecular formula is C10H11N3. The van der Waals surface area contributed by atoms with E-state index in [1.807, 2.05) is 12.1 Å². The topological polar surface area (TPSA) is 48.7 Å². The average molecular weight is 173 g/mol. The van der Waals surface area contributed by atoms with Gasteiger partial charge in [0.25, 0.3) is 0 Å². The quantitative estimate of drug-likeness (QED) is 0.559. The minimum absolute atomic E-state index is 0.578. The summed E-state index contributed by atoms with van der Waals surface area (Å²) < 4.78 is 0. The van der Waals surface area contributed by atoms with Crippen LogP contribution in [0.4, 0.5) is 5.82 Å². The first-order valence-corrected chi connectivity index (χ1v) is 4.07. The number of nitrogens with one attached hydrogen (secondary N) is 1. The van der Waals surface area contributed by atoms with Gasteiger partial charge in [-0.3, -0.25) is 0 Å². The SMILES string of the molecule is C=CCCNc1ccc(C#N)cn1. The van der Waals surface area contributed by atoms with Crippen molar-refractivity contribution in [1.29, 1.82) is 5.26 Å². The normalized spacial score (nSPS) is 8.85. The second-order valence-corrected chi connectivity index (χ2v) is 2.55. The second kappa shape index (κ2) is 4.94. The second-order valence-electron chi connectivity index (χ2n) is 2.55. The molecule has 0 aliphatic heterocycles. The summed E-state index contributed by atoms with van der Waals surface area (Å²) in [7, 11) is 0. The zero-order valence-corrected chi connectivity index (χ0v) is 7.33. The van der Waals surface area contributed by atoms with Gasteiger partial charge in [-0.25, -0.2) is 4.98 Å². The van der Waals surface area contributed by atoms with Gasteiger partial charge in [0.05, 0.1) is 5.56 Å². The van der Waals surface area contributed by atoms with Gasteiger partial charge in [0, 0.05) is 12.7 Å². The summed E-state index contributed by atoms with van der Waals surface area (Å²) in [5, 5.41) is 11.6. The molecule has 1 heterocycles. The van der Waals surface area contributed by atoms with E-state index in [4.69, 9.17) is 5.26 Å². The van der Waals surface area contributed by atoms with Crippen molar-refractivity contribution in [3.05, 3.63) is 36.5 Å². The van der Waals surface area contributed by atoms with Crippen molar-refractivity contribution in [2.24, 2.45) is 0 Å². The van der Waals surface area contributed by atoms with Crippen LogP contribution >= 0.6 is 0 Å². The Kier molecular flexibility index (Phi) is 3.52. The molecule has 0 aromatic carbocycles. The molecule has 0 fully saturated rings. The van der Waals surface area contributed by atoms with Gasteiger partial charge in [-0.2, -0.15) is 5.26 Å². The third-order valence-electron chi connectivity index (χ3n) is 1.55. The molecule has 66 valence electrons. The molecule has 0 saturated carbocycles. The van der Waals surface area contributed by atoms with E-state index in [0.29, 0.717) is 5.56 Å². The lowest BCUT2D eigenvalue weighted by Crippen LogP contribution is -2.01. The van der Waals surface area contributed by atoms with Crippen molar-refractivity contribution >= 4 is 5.82 Å². The summed E-state index contributed by atoms with van der Waals surface area (Å²) in [4.78, 5) is 4.05. The van der Waals surface area contributed by atoms with E-state index in [9.17, 15) is 0 Å². The number of hydrogen-bond donors (Lipinski definition) is 1. The molecule has 1 aromatic heterocycles. The molecule has 3 nitrogen and oxygen atoms in total. The molecule has 0 atom stereocenters. The van der Waals surface area contributed by atoms with E-state index in [2.05, 4.69) is 16.9 Å².